The third kappa shape index (κ3) is 3.69. The first-order chi connectivity index (χ1) is 9.04. The van der Waals surface area contributed by atoms with Crippen LogP contribution in [0.5, 0.6) is 5.75 Å². The minimum atomic E-state index is -0.586. The van der Waals surface area contributed by atoms with E-state index in [4.69, 9.17) is 11.6 Å². The van der Waals surface area contributed by atoms with E-state index in [9.17, 15) is 14.3 Å². The average molecular weight is 280 g/mol. The molecule has 0 spiro atoms. The molecule has 0 saturated carbocycles. The lowest BCUT2D eigenvalue weighted by atomic mass is 10.1. The molecule has 0 aliphatic rings. The summed E-state index contributed by atoms with van der Waals surface area (Å²) in [6.45, 7) is 0. The maximum Gasteiger partial charge on any atom is 0.228 e. The van der Waals surface area contributed by atoms with Gasteiger partial charge in [0.15, 0.2) is 0 Å². The Labute approximate surface area is 114 Å². The molecule has 0 aromatic heterocycles. The Morgan fingerprint density at radius 2 is 2.05 bits per heavy atom. The summed E-state index contributed by atoms with van der Waals surface area (Å²) >= 11 is 5.55. The highest BCUT2D eigenvalue weighted by molar-refractivity contribution is 6.30. The molecule has 2 aromatic rings. The van der Waals surface area contributed by atoms with Crippen LogP contribution >= 0.6 is 11.6 Å². The number of halogens is 2. The van der Waals surface area contributed by atoms with Gasteiger partial charge in [0.2, 0.25) is 5.91 Å². The smallest absolute Gasteiger partial charge is 0.228 e. The summed E-state index contributed by atoms with van der Waals surface area (Å²) in [5, 5.41) is 11.9. The first-order valence-electron chi connectivity index (χ1n) is 5.57. The summed E-state index contributed by atoms with van der Waals surface area (Å²) in [5.74, 6) is -0.785. The van der Waals surface area contributed by atoms with Crippen molar-refractivity contribution >= 4 is 23.2 Å². The molecule has 0 bridgehead atoms. The van der Waals surface area contributed by atoms with E-state index >= 15 is 0 Å². The second-order valence-electron chi connectivity index (χ2n) is 4.02. The molecule has 2 N–H and O–H groups in total. The van der Waals surface area contributed by atoms with Crippen molar-refractivity contribution in [1.82, 2.24) is 0 Å². The van der Waals surface area contributed by atoms with Crippen LogP contribution < -0.4 is 5.32 Å². The Morgan fingerprint density at radius 1 is 1.26 bits per heavy atom. The first-order valence-corrected chi connectivity index (χ1v) is 5.95. The van der Waals surface area contributed by atoms with Crippen molar-refractivity contribution in [2.75, 3.05) is 5.32 Å². The van der Waals surface area contributed by atoms with Crippen LogP contribution in [-0.2, 0) is 11.2 Å². The predicted molar refractivity (Wildman–Crippen MR) is 71.9 cm³/mol. The molecule has 0 atom stereocenters. The molecule has 0 aliphatic carbocycles. The summed E-state index contributed by atoms with van der Waals surface area (Å²) in [6.07, 6.45) is 0.0959. The molecule has 5 heteroatoms. The Balaban J connectivity index is 2.03. The van der Waals surface area contributed by atoms with Crippen molar-refractivity contribution in [3.63, 3.8) is 0 Å². The van der Waals surface area contributed by atoms with Crippen molar-refractivity contribution in [3.05, 3.63) is 58.9 Å². The summed E-state index contributed by atoms with van der Waals surface area (Å²) in [4.78, 5) is 11.7. The van der Waals surface area contributed by atoms with Crippen LogP contribution in [-0.4, -0.2) is 11.0 Å². The van der Waals surface area contributed by atoms with Gasteiger partial charge in [-0.05, 0) is 35.9 Å². The van der Waals surface area contributed by atoms with Gasteiger partial charge in [-0.3, -0.25) is 4.79 Å². The van der Waals surface area contributed by atoms with Crippen LogP contribution in [0.4, 0.5) is 10.1 Å². The lowest BCUT2D eigenvalue weighted by Gasteiger charge is -2.06. The van der Waals surface area contributed by atoms with Crippen LogP contribution in [0.25, 0.3) is 0 Å². The highest BCUT2D eigenvalue weighted by Crippen LogP contribution is 2.19. The second-order valence-corrected chi connectivity index (χ2v) is 4.43. The molecule has 0 aliphatic heterocycles. The molecule has 2 rings (SSSR count). The van der Waals surface area contributed by atoms with E-state index in [1.54, 1.807) is 12.1 Å². The Kier molecular flexibility index (Phi) is 4.02. The second kappa shape index (κ2) is 5.71. The number of carbonyl (C=O) groups is 1. The lowest BCUT2D eigenvalue weighted by molar-refractivity contribution is -0.115. The van der Waals surface area contributed by atoms with Crippen molar-refractivity contribution in [2.45, 2.75) is 6.42 Å². The van der Waals surface area contributed by atoms with Gasteiger partial charge in [-0.1, -0.05) is 23.7 Å². The molecule has 19 heavy (non-hydrogen) atoms. The number of rotatable bonds is 3. The highest BCUT2D eigenvalue weighted by atomic mass is 35.5. The average Bonchev–Trinajstić information content (AvgIpc) is 2.34. The molecular weight excluding hydrogens is 269 g/mol. The van der Waals surface area contributed by atoms with E-state index in [0.29, 0.717) is 11.3 Å². The highest BCUT2D eigenvalue weighted by Gasteiger charge is 2.06. The van der Waals surface area contributed by atoms with Crippen LogP contribution in [0, 0.1) is 5.82 Å². The van der Waals surface area contributed by atoms with Gasteiger partial charge in [-0.2, -0.15) is 0 Å². The molecule has 98 valence electrons. The van der Waals surface area contributed by atoms with E-state index in [2.05, 4.69) is 5.32 Å². The fourth-order valence-corrected chi connectivity index (χ4v) is 1.75. The zero-order valence-electron chi connectivity index (χ0n) is 9.86. The minimum Gasteiger partial charge on any atom is -0.508 e. The van der Waals surface area contributed by atoms with Gasteiger partial charge in [-0.15, -0.1) is 0 Å². The molecule has 0 fully saturated rings. The number of hydrogen-bond acceptors (Lipinski definition) is 2. The SMILES string of the molecule is O=C(Cc1cccc(O)c1)Nc1ccc(Cl)c(F)c1. The van der Waals surface area contributed by atoms with Crippen LogP contribution in [0.1, 0.15) is 5.56 Å². The van der Waals surface area contributed by atoms with E-state index in [0.717, 1.165) is 6.07 Å². The molecule has 3 nitrogen and oxygen atoms in total. The number of phenols is 1. The normalized spacial score (nSPS) is 10.2. The van der Waals surface area contributed by atoms with Crippen LogP contribution in [0.15, 0.2) is 42.5 Å². The molecule has 1 amide bonds. The number of amides is 1. The Bertz CT molecular complexity index is 616. The summed E-state index contributed by atoms with van der Waals surface area (Å²) in [6, 6.07) is 10.5. The minimum absolute atomic E-state index is 0.00554. The number of hydrogen-bond donors (Lipinski definition) is 2. The molecular formula is C14H11ClFNO2. The van der Waals surface area contributed by atoms with Crippen molar-refractivity contribution < 1.29 is 14.3 Å². The molecule has 0 radical (unpaired) electrons. The predicted octanol–water partition coefficient (Wildman–Crippen LogP) is 3.37. The summed E-state index contributed by atoms with van der Waals surface area (Å²) in [7, 11) is 0. The van der Waals surface area contributed by atoms with Gasteiger partial charge < -0.3 is 10.4 Å². The maximum absolute atomic E-state index is 13.2. The summed E-state index contributed by atoms with van der Waals surface area (Å²) < 4.78 is 13.2. The third-order valence-corrected chi connectivity index (χ3v) is 2.79. The van der Waals surface area contributed by atoms with Crippen molar-refractivity contribution in [3.8, 4) is 5.75 Å². The summed E-state index contributed by atoms with van der Waals surface area (Å²) in [5.41, 5.74) is 1.01. The first kappa shape index (κ1) is 13.4. The topological polar surface area (TPSA) is 49.3 Å². The van der Waals surface area contributed by atoms with Gasteiger partial charge in [0.25, 0.3) is 0 Å². The Morgan fingerprint density at radius 3 is 2.74 bits per heavy atom. The molecule has 0 heterocycles. The van der Waals surface area contributed by atoms with E-state index < -0.39 is 5.82 Å². The quantitative estimate of drug-likeness (QED) is 0.905. The number of anilines is 1. The number of aromatic hydroxyl groups is 1. The maximum atomic E-state index is 13.2. The van der Waals surface area contributed by atoms with Gasteiger partial charge in [0, 0.05) is 5.69 Å². The largest absolute Gasteiger partial charge is 0.508 e. The van der Waals surface area contributed by atoms with E-state index in [1.807, 2.05) is 0 Å². The Hall–Kier alpha value is -2.07. The van der Waals surface area contributed by atoms with Crippen LogP contribution in [0.2, 0.25) is 5.02 Å². The van der Waals surface area contributed by atoms with Crippen molar-refractivity contribution in [2.24, 2.45) is 0 Å². The fourth-order valence-electron chi connectivity index (χ4n) is 1.63. The lowest BCUT2D eigenvalue weighted by Crippen LogP contribution is -2.14. The van der Waals surface area contributed by atoms with Crippen LogP contribution in [0.3, 0.4) is 0 Å². The van der Waals surface area contributed by atoms with Gasteiger partial charge in [0.05, 0.1) is 11.4 Å². The zero-order valence-corrected chi connectivity index (χ0v) is 10.6. The molecule has 0 saturated heterocycles. The number of benzene rings is 2. The van der Waals surface area contributed by atoms with E-state index in [-0.39, 0.29) is 23.1 Å². The third-order valence-electron chi connectivity index (χ3n) is 2.48. The number of phenolic OH excluding ortho intramolecular Hbond substituents is 1. The number of nitrogens with one attached hydrogen (secondary N) is 1. The van der Waals surface area contributed by atoms with Gasteiger partial charge in [-0.25, -0.2) is 4.39 Å². The number of carbonyl (C=O) groups excluding carboxylic acids is 1. The fraction of sp³-hybridized carbons (Fsp3) is 0.0714. The van der Waals surface area contributed by atoms with E-state index in [1.165, 1.54) is 24.3 Å². The molecule has 2 aromatic carbocycles. The van der Waals surface area contributed by atoms with Crippen molar-refractivity contribution in [1.29, 1.82) is 0 Å². The van der Waals surface area contributed by atoms with Gasteiger partial charge >= 0.3 is 0 Å². The monoisotopic (exact) mass is 279 g/mol. The standard InChI is InChI=1S/C14H11ClFNO2/c15-12-5-4-10(8-13(12)16)17-14(19)7-9-2-1-3-11(18)6-9/h1-6,8,18H,7H2,(H,17,19). The molecule has 0 unspecified atom stereocenters. The zero-order chi connectivity index (χ0) is 13.8. The van der Waals surface area contributed by atoms with Gasteiger partial charge in [0.1, 0.15) is 11.6 Å².